The molecule has 0 atom stereocenters. The van der Waals surface area contributed by atoms with E-state index < -0.39 is 17.5 Å². The minimum absolute atomic E-state index is 0.000170. The number of amides is 2. The molecule has 130 valence electrons. The Morgan fingerprint density at radius 1 is 1.16 bits per heavy atom. The summed E-state index contributed by atoms with van der Waals surface area (Å²) in [6, 6.07) is 7.87. The van der Waals surface area contributed by atoms with Crippen molar-refractivity contribution in [1.29, 1.82) is 0 Å². The molecule has 0 fully saturated rings. The van der Waals surface area contributed by atoms with E-state index in [9.17, 15) is 18.4 Å². The Hall–Kier alpha value is -3.22. The molecule has 7 heteroatoms. The molecular formula is C18H16F2N2O3. The monoisotopic (exact) mass is 346 g/mol. The Morgan fingerprint density at radius 2 is 1.76 bits per heavy atom. The number of halogens is 2. The fourth-order valence-electron chi connectivity index (χ4n) is 2.09. The van der Waals surface area contributed by atoms with E-state index in [1.165, 1.54) is 30.2 Å². The highest BCUT2D eigenvalue weighted by Gasteiger charge is 2.15. The molecule has 2 amide bonds. The molecule has 0 aromatic heterocycles. The van der Waals surface area contributed by atoms with Crippen LogP contribution in [0.25, 0.3) is 0 Å². The number of hydrogen-bond acceptors (Lipinski definition) is 3. The molecule has 0 aliphatic heterocycles. The number of likely N-dealkylation sites (N-methyl/N-ethyl adjacent to an activating group) is 1. The summed E-state index contributed by atoms with van der Waals surface area (Å²) >= 11 is 0. The number of nitrogens with zero attached hydrogens (tertiary/aromatic N) is 1. The smallest absolute Gasteiger partial charge is 0.255 e. The quantitative estimate of drug-likeness (QED) is 0.845. The van der Waals surface area contributed by atoms with E-state index in [-0.39, 0.29) is 22.9 Å². The van der Waals surface area contributed by atoms with Crippen molar-refractivity contribution in [2.75, 3.05) is 24.4 Å². The van der Waals surface area contributed by atoms with Crippen molar-refractivity contribution in [2.45, 2.75) is 0 Å². The highest BCUT2D eigenvalue weighted by molar-refractivity contribution is 6.06. The van der Waals surface area contributed by atoms with Gasteiger partial charge in [0.1, 0.15) is 5.75 Å². The molecule has 0 bridgehead atoms. The van der Waals surface area contributed by atoms with Crippen LogP contribution in [-0.4, -0.2) is 26.0 Å². The van der Waals surface area contributed by atoms with E-state index in [1.54, 1.807) is 19.2 Å². The molecule has 0 heterocycles. The molecule has 25 heavy (non-hydrogen) atoms. The fraction of sp³-hybridized carbons (Fsp3) is 0.111. The van der Waals surface area contributed by atoms with E-state index in [0.29, 0.717) is 5.69 Å². The molecule has 2 rings (SSSR count). The van der Waals surface area contributed by atoms with Gasteiger partial charge in [-0.05, 0) is 30.3 Å². The van der Waals surface area contributed by atoms with E-state index >= 15 is 0 Å². The van der Waals surface area contributed by atoms with Gasteiger partial charge in [0.2, 0.25) is 5.91 Å². The fourth-order valence-corrected chi connectivity index (χ4v) is 2.09. The van der Waals surface area contributed by atoms with Crippen LogP contribution in [0, 0.1) is 11.6 Å². The summed E-state index contributed by atoms with van der Waals surface area (Å²) in [5.74, 6) is -3.00. The summed E-state index contributed by atoms with van der Waals surface area (Å²) in [6.07, 6.45) is 1.18. The van der Waals surface area contributed by atoms with Crippen molar-refractivity contribution in [1.82, 2.24) is 0 Å². The summed E-state index contributed by atoms with van der Waals surface area (Å²) in [5.41, 5.74) is 0.858. The standard InChI is InChI=1S/C18H16F2N2O3/c1-4-17(23)22(2)12-7-5-11(6-8-12)18(24)21-15-9-13(19)14(20)10-16(15)25-3/h4-10H,1H2,2-3H3,(H,21,24). The van der Waals surface area contributed by atoms with Crippen molar-refractivity contribution in [3.05, 3.63) is 66.3 Å². The highest BCUT2D eigenvalue weighted by atomic mass is 19.2. The number of benzene rings is 2. The lowest BCUT2D eigenvalue weighted by Crippen LogP contribution is -2.23. The zero-order valence-corrected chi connectivity index (χ0v) is 13.7. The summed E-state index contributed by atoms with van der Waals surface area (Å²) in [7, 11) is 2.86. The molecule has 0 saturated heterocycles. The first-order valence-electron chi connectivity index (χ1n) is 7.22. The van der Waals surface area contributed by atoms with Gasteiger partial charge in [0.15, 0.2) is 11.6 Å². The number of ether oxygens (including phenoxy) is 1. The first kappa shape index (κ1) is 18.1. The maximum absolute atomic E-state index is 13.4. The lowest BCUT2D eigenvalue weighted by molar-refractivity contribution is -0.113. The average Bonchev–Trinajstić information content (AvgIpc) is 2.63. The maximum Gasteiger partial charge on any atom is 0.255 e. The van der Waals surface area contributed by atoms with E-state index in [4.69, 9.17) is 4.74 Å². The van der Waals surface area contributed by atoms with Crippen LogP contribution in [0.4, 0.5) is 20.2 Å². The SMILES string of the molecule is C=CC(=O)N(C)c1ccc(C(=O)Nc2cc(F)c(F)cc2OC)cc1. The van der Waals surface area contributed by atoms with Gasteiger partial charge >= 0.3 is 0 Å². The molecular weight excluding hydrogens is 330 g/mol. The van der Waals surface area contributed by atoms with Crippen LogP contribution in [0.5, 0.6) is 5.75 Å². The van der Waals surface area contributed by atoms with Crippen LogP contribution >= 0.6 is 0 Å². The molecule has 2 aromatic carbocycles. The number of carbonyl (C=O) groups is 2. The minimum atomic E-state index is -1.10. The highest BCUT2D eigenvalue weighted by Crippen LogP contribution is 2.27. The maximum atomic E-state index is 13.4. The van der Waals surface area contributed by atoms with Gasteiger partial charge in [-0.1, -0.05) is 6.58 Å². The molecule has 1 N–H and O–H groups in total. The Labute approximate surface area is 143 Å². The van der Waals surface area contributed by atoms with E-state index in [2.05, 4.69) is 11.9 Å². The van der Waals surface area contributed by atoms with Crippen molar-refractivity contribution in [3.63, 3.8) is 0 Å². The topological polar surface area (TPSA) is 58.6 Å². The molecule has 0 aliphatic rings. The predicted octanol–water partition coefficient (Wildman–Crippen LogP) is 3.37. The van der Waals surface area contributed by atoms with Crippen molar-refractivity contribution >= 4 is 23.2 Å². The van der Waals surface area contributed by atoms with Crippen LogP contribution in [0.15, 0.2) is 49.1 Å². The molecule has 5 nitrogen and oxygen atoms in total. The predicted molar refractivity (Wildman–Crippen MR) is 90.9 cm³/mol. The number of nitrogens with one attached hydrogen (secondary N) is 1. The lowest BCUT2D eigenvalue weighted by Gasteiger charge is -2.15. The molecule has 0 saturated carbocycles. The largest absolute Gasteiger partial charge is 0.494 e. The van der Waals surface area contributed by atoms with Gasteiger partial charge in [-0.15, -0.1) is 0 Å². The number of rotatable bonds is 5. The van der Waals surface area contributed by atoms with Crippen LogP contribution in [0.1, 0.15) is 10.4 Å². The van der Waals surface area contributed by atoms with Gasteiger partial charge in [0.25, 0.3) is 5.91 Å². The van der Waals surface area contributed by atoms with Gasteiger partial charge in [-0.3, -0.25) is 9.59 Å². The second kappa shape index (κ2) is 7.57. The van der Waals surface area contributed by atoms with Crippen molar-refractivity contribution < 1.29 is 23.1 Å². The van der Waals surface area contributed by atoms with Gasteiger partial charge < -0.3 is 15.0 Å². The van der Waals surface area contributed by atoms with Crippen molar-refractivity contribution in [3.8, 4) is 5.75 Å². The summed E-state index contributed by atoms with van der Waals surface area (Å²) in [5, 5.41) is 2.46. The Balaban J connectivity index is 2.20. The van der Waals surface area contributed by atoms with Gasteiger partial charge in [0.05, 0.1) is 12.8 Å². The second-order valence-corrected chi connectivity index (χ2v) is 5.07. The van der Waals surface area contributed by atoms with Gasteiger partial charge in [-0.25, -0.2) is 8.78 Å². The Kier molecular flexibility index (Phi) is 5.49. The molecule has 0 radical (unpaired) electrons. The summed E-state index contributed by atoms with van der Waals surface area (Å²) in [4.78, 5) is 25.2. The molecule has 0 spiro atoms. The average molecular weight is 346 g/mol. The van der Waals surface area contributed by atoms with Crippen molar-refractivity contribution in [2.24, 2.45) is 0 Å². The third-order valence-electron chi connectivity index (χ3n) is 3.51. The van der Waals surface area contributed by atoms with Crippen LogP contribution in [0.2, 0.25) is 0 Å². The first-order valence-corrected chi connectivity index (χ1v) is 7.22. The third kappa shape index (κ3) is 4.00. The normalized spacial score (nSPS) is 10.1. The van der Waals surface area contributed by atoms with Crippen LogP contribution < -0.4 is 15.0 Å². The zero-order valence-electron chi connectivity index (χ0n) is 13.7. The van der Waals surface area contributed by atoms with Crippen LogP contribution in [0.3, 0.4) is 0 Å². The third-order valence-corrected chi connectivity index (χ3v) is 3.51. The summed E-state index contributed by atoms with van der Waals surface area (Å²) < 4.78 is 31.5. The summed E-state index contributed by atoms with van der Waals surface area (Å²) in [6.45, 7) is 3.40. The Bertz CT molecular complexity index is 820. The zero-order chi connectivity index (χ0) is 18.6. The molecule has 0 unspecified atom stereocenters. The number of anilines is 2. The number of hydrogen-bond donors (Lipinski definition) is 1. The van der Waals surface area contributed by atoms with E-state index in [0.717, 1.165) is 12.1 Å². The lowest BCUT2D eigenvalue weighted by atomic mass is 10.1. The van der Waals surface area contributed by atoms with E-state index in [1.807, 2.05) is 0 Å². The number of methoxy groups -OCH3 is 1. The van der Waals surface area contributed by atoms with Gasteiger partial charge in [0, 0.05) is 30.4 Å². The Morgan fingerprint density at radius 3 is 2.32 bits per heavy atom. The van der Waals surface area contributed by atoms with Crippen LogP contribution in [-0.2, 0) is 4.79 Å². The molecule has 2 aromatic rings. The second-order valence-electron chi connectivity index (χ2n) is 5.07. The molecule has 0 aliphatic carbocycles. The first-order chi connectivity index (χ1) is 11.9. The number of carbonyl (C=O) groups excluding carboxylic acids is 2. The minimum Gasteiger partial charge on any atom is -0.494 e. The van der Waals surface area contributed by atoms with Gasteiger partial charge in [-0.2, -0.15) is 0 Å².